The number of rotatable bonds is 11. The lowest BCUT2D eigenvalue weighted by atomic mass is 10.3. The van der Waals surface area contributed by atoms with E-state index in [4.69, 9.17) is 9.47 Å². The maximum absolute atomic E-state index is 5.41. The molecule has 0 aliphatic rings. The van der Waals surface area contributed by atoms with Crippen molar-refractivity contribution < 1.29 is 9.47 Å². The van der Waals surface area contributed by atoms with E-state index in [1.54, 1.807) is 0 Å². The van der Waals surface area contributed by atoms with E-state index in [9.17, 15) is 0 Å². The van der Waals surface area contributed by atoms with Crippen LogP contribution < -0.4 is 5.32 Å². The Morgan fingerprint density at radius 3 is 2.32 bits per heavy atom. The summed E-state index contributed by atoms with van der Waals surface area (Å²) in [5.74, 6) is 0. The molecule has 0 spiro atoms. The van der Waals surface area contributed by atoms with Gasteiger partial charge in [0.15, 0.2) is 0 Å². The van der Waals surface area contributed by atoms with E-state index in [0.717, 1.165) is 56.8 Å². The van der Waals surface area contributed by atoms with Gasteiger partial charge >= 0.3 is 0 Å². The maximum atomic E-state index is 5.41. The van der Waals surface area contributed by atoms with Gasteiger partial charge in [-0.3, -0.25) is 4.90 Å². The molecule has 19 heavy (non-hydrogen) atoms. The molecule has 0 atom stereocenters. The first-order chi connectivity index (χ1) is 9.31. The second-order valence-electron chi connectivity index (χ2n) is 3.97. The summed E-state index contributed by atoms with van der Waals surface area (Å²) in [6, 6.07) is 0. The topological polar surface area (TPSA) is 59.5 Å². The van der Waals surface area contributed by atoms with Gasteiger partial charge < -0.3 is 14.8 Å². The lowest BCUT2D eigenvalue weighted by molar-refractivity contribution is 0.0793. The fourth-order valence-electron chi connectivity index (χ4n) is 1.66. The third-order valence-electron chi connectivity index (χ3n) is 2.67. The minimum atomic E-state index is 0.731. The molecule has 0 saturated heterocycles. The second-order valence-corrected chi connectivity index (χ2v) is 4.72. The third-order valence-corrected chi connectivity index (χ3v) is 3.45. The summed E-state index contributed by atoms with van der Waals surface area (Å²) in [4.78, 5) is 2.28. The van der Waals surface area contributed by atoms with Gasteiger partial charge in [0.1, 0.15) is 10.7 Å². The van der Waals surface area contributed by atoms with Crippen molar-refractivity contribution >= 4 is 16.5 Å². The Morgan fingerprint density at radius 2 is 1.79 bits per heavy atom. The normalized spacial score (nSPS) is 11.2. The minimum absolute atomic E-state index is 0.731. The van der Waals surface area contributed by atoms with Crippen LogP contribution in [-0.2, 0) is 16.0 Å². The molecule has 1 aromatic rings. The third kappa shape index (κ3) is 6.29. The molecular weight excluding hydrogens is 264 g/mol. The van der Waals surface area contributed by atoms with Crippen molar-refractivity contribution in [1.29, 1.82) is 0 Å². The van der Waals surface area contributed by atoms with Gasteiger partial charge in [0.05, 0.1) is 13.2 Å². The average molecular weight is 288 g/mol. The molecule has 0 fully saturated rings. The molecule has 0 aliphatic carbocycles. The van der Waals surface area contributed by atoms with Gasteiger partial charge in [-0.2, -0.15) is 0 Å². The highest BCUT2D eigenvalue weighted by atomic mass is 32.1. The summed E-state index contributed by atoms with van der Waals surface area (Å²) in [7, 11) is 1.89. The van der Waals surface area contributed by atoms with Gasteiger partial charge in [-0.15, -0.1) is 5.10 Å². The van der Waals surface area contributed by atoms with Crippen LogP contribution >= 0.6 is 11.5 Å². The molecule has 0 aliphatic heterocycles. The molecule has 1 N–H and O–H groups in total. The molecule has 1 heterocycles. The summed E-state index contributed by atoms with van der Waals surface area (Å²) in [5.41, 5.74) is 0.987. The molecule has 7 heteroatoms. The molecular formula is C12H24N4O2S. The summed E-state index contributed by atoms with van der Waals surface area (Å²) < 4.78 is 14.8. The molecule has 1 aromatic heterocycles. The van der Waals surface area contributed by atoms with Crippen LogP contribution in [0.15, 0.2) is 0 Å². The van der Waals surface area contributed by atoms with Crippen molar-refractivity contribution in [2.75, 3.05) is 51.9 Å². The first-order valence-corrected chi connectivity index (χ1v) is 7.45. The number of anilines is 1. The fourth-order valence-corrected chi connectivity index (χ4v) is 2.18. The molecule has 6 nitrogen and oxygen atoms in total. The van der Waals surface area contributed by atoms with Crippen molar-refractivity contribution in [1.82, 2.24) is 14.5 Å². The van der Waals surface area contributed by atoms with E-state index in [2.05, 4.69) is 19.8 Å². The molecule has 0 unspecified atom stereocenters. The van der Waals surface area contributed by atoms with E-state index in [1.807, 2.05) is 20.9 Å². The highest BCUT2D eigenvalue weighted by molar-refractivity contribution is 7.10. The summed E-state index contributed by atoms with van der Waals surface area (Å²) in [6.45, 7) is 9.50. The van der Waals surface area contributed by atoms with Gasteiger partial charge in [0.2, 0.25) is 0 Å². The molecule has 1 rings (SSSR count). The zero-order chi connectivity index (χ0) is 13.9. The van der Waals surface area contributed by atoms with Crippen LogP contribution in [0, 0.1) is 0 Å². The van der Waals surface area contributed by atoms with Crippen LogP contribution in [0.2, 0.25) is 0 Å². The van der Waals surface area contributed by atoms with E-state index in [1.165, 1.54) is 11.5 Å². The number of nitrogens with zero attached hydrogens (tertiary/aromatic N) is 3. The van der Waals surface area contributed by atoms with Crippen molar-refractivity contribution in [3.63, 3.8) is 0 Å². The molecule has 0 bridgehead atoms. The van der Waals surface area contributed by atoms with E-state index >= 15 is 0 Å². The average Bonchev–Trinajstić information content (AvgIpc) is 2.86. The number of hydrogen-bond donors (Lipinski definition) is 1. The van der Waals surface area contributed by atoms with Gasteiger partial charge in [0.25, 0.3) is 0 Å². The Labute approximate surface area is 119 Å². The first kappa shape index (κ1) is 16.3. The molecule has 0 amide bonds. The van der Waals surface area contributed by atoms with Gasteiger partial charge in [-0.05, 0) is 13.8 Å². The summed E-state index contributed by atoms with van der Waals surface area (Å²) in [5, 5.41) is 8.31. The lowest BCUT2D eigenvalue weighted by Gasteiger charge is -2.21. The molecule has 0 radical (unpaired) electrons. The van der Waals surface area contributed by atoms with Crippen LogP contribution in [0.1, 0.15) is 19.5 Å². The number of nitrogens with one attached hydrogen (secondary N) is 1. The zero-order valence-electron chi connectivity index (χ0n) is 12.0. The maximum Gasteiger partial charge on any atom is 0.134 e. The van der Waals surface area contributed by atoms with Crippen LogP contribution in [0.4, 0.5) is 5.00 Å². The largest absolute Gasteiger partial charge is 0.380 e. The summed E-state index contributed by atoms with van der Waals surface area (Å²) >= 11 is 1.39. The Kier molecular flexibility index (Phi) is 8.64. The van der Waals surface area contributed by atoms with Crippen LogP contribution in [0.5, 0.6) is 0 Å². The Morgan fingerprint density at radius 1 is 1.16 bits per heavy atom. The van der Waals surface area contributed by atoms with Gasteiger partial charge in [-0.25, -0.2) is 0 Å². The predicted molar refractivity (Wildman–Crippen MR) is 77.7 cm³/mol. The standard InChI is InChI=1S/C12H24N4O2S/c1-4-17-8-6-16(7-9-18-5-2)10-11-12(13-3)19-15-14-11/h13H,4-10H2,1-3H3. The van der Waals surface area contributed by atoms with Crippen molar-refractivity contribution in [3.8, 4) is 0 Å². The van der Waals surface area contributed by atoms with Gasteiger partial charge in [-0.1, -0.05) is 4.49 Å². The lowest BCUT2D eigenvalue weighted by Crippen LogP contribution is -2.31. The predicted octanol–water partition coefficient (Wildman–Crippen LogP) is 1.45. The minimum Gasteiger partial charge on any atom is -0.380 e. The monoisotopic (exact) mass is 288 g/mol. The fraction of sp³-hybridized carbons (Fsp3) is 0.833. The van der Waals surface area contributed by atoms with Crippen LogP contribution in [0.3, 0.4) is 0 Å². The van der Waals surface area contributed by atoms with E-state index in [-0.39, 0.29) is 0 Å². The van der Waals surface area contributed by atoms with Crippen LogP contribution in [-0.4, -0.2) is 61.1 Å². The summed E-state index contributed by atoms with van der Waals surface area (Å²) in [6.07, 6.45) is 0. The quantitative estimate of drug-likeness (QED) is 0.622. The first-order valence-electron chi connectivity index (χ1n) is 6.68. The number of aromatic nitrogens is 2. The van der Waals surface area contributed by atoms with Crippen molar-refractivity contribution in [2.45, 2.75) is 20.4 Å². The smallest absolute Gasteiger partial charge is 0.134 e. The van der Waals surface area contributed by atoms with Crippen molar-refractivity contribution in [2.24, 2.45) is 0 Å². The molecule has 0 aromatic carbocycles. The van der Waals surface area contributed by atoms with Gasteiger partial charge in [0, 0.05) is 51.4 Å². The molecule has 110 valence electrons. The Balaban J connectivity index is 2.46. The Hall–Kier alpha value is -0.760. The Bertz CT molecular complexity index is 325. The highest BCUT2D eigenvalue weighted by Gasteiger charge is 2.12. The SMILES string of the molecule is CCOCCN(CCOCC)Cc1nnsc1NC. The van der Waals surface area contributed by atoms with Crippen LogP contribution in [0.25, 0.3) is 0 Å². The highest BCUT2D eigenvalue weighted by Crippen LogP contribution is 2.18. The molecule has 0 saturated carbocycles. The second kappa shape index (κ2) is 10.1. The van der Waals surface area contributed by atoms with Crippen molar-refractivity contribution in [3.05, 3.63) is 5.69 Å². The number of hydrogen-bond acceptors (Lipinski definition) is 7. The van der Waals surface area contributed by atoms with E-state index < -0.39 is 0 Å². The zero-order valence-corrected chi connectivity index (χ0v) is 12.8. The van der Waals surface area contributed by atoms with E-state index in [0.29, 0.717) is 0 Å². The number of ether oxygens (including phenoxy) is 2.